The molecule has 0 saturated carbocycles. The molecule has 1 aliphatic heterocycles. The standard InChI is InChI=1S/C31H35N3O5S/c1-31(2,3)32-29(36)26(21-23-13-6-4-7-14-23)33(22-24-15-8-5-9-16-24)28(35)19-12-20-34-30(37)25-17-10-11-18-27(25)40(34,38)39/h4-11,13-18,26H,12,19-22H2,1-3H3,(H,32,36). The van der Waals surface area contributed by atoms with Crippen molar-refractivity contribution < 1.29 is 22.8 Å². The van der Waals surface area contributed by atoms with Gasteiger partial charge in [0, 0.05) is 31.5 Å². The fourth-order valence-corrected chi connectivity index (χ4v) is 6.36. The van der Waals surface area contributed by atoms with Gasteiger partial charge in [0.1, 0.15) is 10.9 Å². The molecule has 3 aromatic carbocycles. The molecule has 8 nitrogen and oxygen atoms in total. The van der Waals surface area contributed by atoms with E-state index in [9.17, 15) is 22.8 Å². The van der Waals surface area contributed by atoms with E-state index in [0.29, 0.717) is 6.42 Å². The molecule has 0 aliphatic carbocycles. The van der Waals surface area contributed by atoms with Gasteiger partial charge in [0.05, 0.1) is 5.56 Å². The summed E-state index contributed by atoms with van der Waals surface area (Å²) >= 11 is 0. The van der Waals surface area contributed by atoms with Crippen LogP contribution in [0.1, 0.15) is 55.1 Å². The predicted octanol–water partition coefficient (Wildman–Crippen LogP) is 4.17. The van der Waals surface area contributed by atoms with E-state index in [1.165, 1.54) is 12.1 Å². The van der Waals surface area contributed by atoms with Crippen LogP contribution in [0, 0.1) is 0 Å². The van der Waals surface area contributed by atoms with E-state index < -0.39 is 27.5 Å². The van der Waals surface area contributed by atoms with Gasteiger partial charge in [-0.1, -0.05) is 72.8 Å². The van der Waals surface area contributed by atoms with Gasteiger partial charge in [-0.15, -0.1) is 0 Å². The Morgan fingerprint density at radius 1 is 0.875 bits per heavy atom. The summed E-state index contributed by atoms with van der Waals surface area (Å²) in [6.45, 7) is 5.75. The molecule has 3 amide bonds. The van der Waals surface area contributed by atoms with Crippen molar-refractivity contribution >= 4 is 27.7 Å². The summed E-state index contributed by atoms with van der Waals surface area (Å²) in [5, 5.41) is 3.02. The Labute approximate surface area is 236 Å². The number of nitrogens with one attached hydrogen (secondary N) is 1. The van der Waals surface area contributed by atoms with Gasteiger partial charge in [-0.3, -0.25) is 14.4 Å². The Balaban J connectivity index is 1.56. The van der Waals surface area contributed by atoms with Crippen LogP contribution in [0.3, 0.4) is 0 Å². The summed E-state index contributed by atoms with van der Waals surface area (Å²) in [5.74, 6) is -1.15. The maximum Gasteiger partial charge on any atom is 0.269 e. The number of hydrogen-bond acceptors (Lipinski definition) is 5. The number of carbonyl (C=O) groups is 3. The zero-order valence-electron chi connectivity index (χ0n) is 23.0. The highest BCUT2D eigenvalue weighted by molar-refractivity contribution is 7.90. The molecule has 9 heteroatoms. The van der Waals surface area contributed by atoms with Crippen molar-refractivity contribution in [2.45, 2.75) is 63.1 Å². The molecule has 0 aromatic heterocycles. The minimum atomic E-state index is -3.96. The highest BCUT2D eigenvalue weighted by Gasteiger charge is 2.40. The van der Waals surface area contributed by atoms with E-state index >= 15 is 0 Å². The fraction of sp³-hybridized carbons (Fsp3) is 0.323. The molecular weight excluding hydrogens is 526 g/mol. The van der Waals surface area contributed by atoms with Crippen molar-refractivity contribution in [1.29, 1.82) is 0 Å². The van der Waals surface area contributed by atoms with Crippen LogP contribution in [-0.4, -0.2) is 53.5 Å². The Morgan fingerprint density at radius 3 is 2.05 bits per heavy atom. The second-order valence-electron chi connectivity index (χ2n) is 10.9. The van der Waals surface area contributed by atoms with E-state index in [1.807, 2.05) is 81.4 Å². The molecule has 0 saturated heterocycles. The van der Waals surface area contributed by atoms with Gasteiger partial charge in [-0.2, -0.15) is 0 Å². The molecule has 1 N–H and O–H groups in total. The van der Waals surface area contributed by atoms with Crippen molar-refractivity contribution in [2.75, 3.05) is 6.54 Å². The van der Waals surface area contributed by atoms with Crippen LogP contribution >= 0.6 is 0 Å². The Hall–Kier alpha value is -3.98. The third-order valence-corrected chi connectivity index (χ3v) is 8.47. The zero-order valence-corrected chi connectivity index (χ0v) is 23.9. The highest BCUT2D eigenvalue weighted by atomic mass is 32.2. The quantitative estimate of drug-likeness (QED) is 0.400. The number of fused-ring (bicyclic) bond motifs is 1. The third kappa shape index (κ3) is 6.77. The lowest BCUT2D eigenvalue weighted by atomic mass is 10.00. The number of carbonyl (C=O) groups excluding carboxylic acids is 3. The molecule has 3 aromatic rings. The second-order valence-corrected chi connectivity index (χ2v) is 12.8. The third-order valence-electron chi connectivity index (χ3n) is 6.63. The van der Waals surface area contributed by atoms with Crippen LogP contribution in [0.25, 0.3) is 0 Å². The summed E-state index contributed by atoms with van der Waals surface area (Å²) in [7, 11) is -3.96. The molecule has 0 radical (unpaired) electrons. The molecule has 40 heavy (non-hydrogen) atoms. The van der Waals surface area contributed by atoms with E-state index in [-0.39, 0.29) is 48.2 Å². The minimum Gasteiger partial charge on any atom is -0.350 e. The van der Waals surface area contributed by atoms with Crippen molar-refractivity contribution in [3.8, 4) is 0 Å². The first-order valence-corrected chi connectivity index (χ1v) is 14.8. The van der Waals surface area contributed by atoms with Gasteiger partial charge >= 0.3 is 0 Å². The molecule has 1 atom stereocenters. The molecule has 210 valence electrons. The van der Waals surface area contributed by atoms with E-state index in [1.54, 1.807) is 17.0 Å². The van der Waals surface area contributed by atoms with Crippen LogP contribution < -0.4 is 5.32 Å². The number of amides is 3. The monoisotopic (exact) mass is 561 g/mol. The number of benzene rings is 3. The van der Waals surface area contributed by atoms with Gasteiger partial charge < -0.3 is 10.2 Å². The molecule has 4 rings (SSSR count). The maximum atomic E-state index is 13.8. The maximum absolute atomic E-state index is 13.8. The summed E-state index contributed by atoms with van der Waals surface area (Å²) in [4.78, 5) is 41.7. The summed E-state index contributed by atoms with van der Waals surface area (Å²) < 4.78 is 26.7. The van der Waals surface area contributed by atoms with Crippen LogP contribution in [0.4, 0.5) is 0 Å². The molecule has 0 bridgehead atoms. The van der Waals surface area contributed by atoms with Crippen LogP contribution in [0.15, 0.2) is 89.8 Å². The first kappa shape index (κ1) is 29.0. The van der Waals surface area contributed by atoms with Crippen molar-refractivity contribution in [3.63, 3.8) is 0 Å². The van der Waals surface area contributed by atoms with Gasteiger partial charge in [0.2, 0.25) is 11.8 Å². The smallest absolute Gasteiger partial charge is 0.269 e. The van der Waals surface area contributed by atoms with E-state index in [2.05, 4.69) is 5.32 Å². The lowest BCUT2D eigenvalue weighted by molar-refractivity contribution is -0.142. The first-order chi connectivity index (χ1) is 19.0. The van der Waals surface area contributed by atoms with Crippen LogP contribution in [-0.2, 0) is 32.6 Å². The summed E-state index contributed by atoms with van der Waals surface area (Å²) in [6, 6.07) is 24.3. The average molecular weight is 562 g/mol. The fourth-order valence-electron chi connectivity index (χ4n) is 4.76. The van der Waals surface area contributed by atoms with Crippen LogP contribution in [0.2, 0.25) is 0 Å². The lowest BCUT2D eigenvalue weighted by Gasteiger charge is -2.34. The number of rotatable bonds is 10. The molecule has 1 unspecified atom stereocenters. The molecule has 1 aliphatic rings. The van der Waals surface area contributed by atoms with Gasteiger partial charge in [-0.25, -0.2) is 12.7 Å². The van der Waals surface area contributed by atoms with E-state index in [0.717, 1.165) is 15.4 Å². The average Bonchev–Trinajstić information content (AvgIpc) is 3.11. The number of nitrogens with zero attached hydrogens (tertiary/aromatic N) is 2. The Morgan fingerprint density at radius 2 is 1.45 bits per heavy atom. The summed E-state index contributed by atoms with van der Waals surface area (Å²) in [6.07, 6.45) is 0.411. The predicted molar refractivity (Wildman–Crippen MR) is 153 cm³/mol. The Bertz CT molecular complexity index is 1470. The Kier molecular flexibility index (Phi) is 8.73. The first-order valence-electron chi connectivity index (χ1n) is 13.3. The second kappa shape index (κ2) is 12.0. The van der Waals surface area contributed by atoms with Gasteiger partial charge in [0.25, 0.3) is 15.9 Å². The van der Waals surface area contributed by atoms with Crippen molar-refractivity contribution in [2.24, 2.45) is 0 Å². The highest BCUT2D eigenvalue weighted by Crippen LogP contribution is 2.30. The van der Waals surface area contributed by atoms with E-state index in [4.69, 9.17) is 0 Å². The largest absolute Gasteiger partial charge is 0.350 e. The molecule has 1 heterocycles. The zero-order chi connectivity index (χ0) is 28.9. The lowest BCUT2D eigenvalue weighted by Crippen LogP contribution is -2.54. The SMILES string of the molecule is CC(C)(C)NC(=O)C(Cc1ccccc1)N(Cc1ccccc1)C(=O)CCCN1C(=O)c2ccccc2S1(=O)=O. The van der Waals surface area contributed by atoms with Gasteiger partial charge in [0.15, 0.2) is 0 Å². The number of sulfonamides is 1. The minimum absolute atomic E-state index is 0.0150. The van der Waals surface area contributed by atoms with Crippen LogP contribution in [0.5, 0.6) is 0 Å². The van der Waals surface area contributed by atoms with Crippen molar-refractivity contribution in [1.82, 2.24) is 14.5 Å². The number of hydrogen-bond donors (Lipinski definition) is 1. The summed E-state index contributed by atoms with van der Waals surface area (Å²) in [5.41, 5.74) is 1.41. The molecule has 0 spiro atoms. The van der Waals surface area contributed by atoms with Gasteiger partial charge in [-0.05, 0) is 50.5 Å². The molecular formula is C31H35N3O5S. The van der Waals surface area contributed by atoms with Crippen molar-refractivity contribution in [3.05, 3.63) is 102 Å². The normalized spacial score (nSPS) is 14.9. The topological polar surface area (TPSA) is 104 Å². The molecule has 0 fully saturated rings.